The van der Waals surface area contributed by atoms with Crippen molar-refractivity contribution in [3.8, 4) is 0 Å². The first-order valence-corrected chi connectivity index (χ1v) is 8.98. The molecule has 0 saturated heterocycles. The molecule has 0 radical (unpaired) electrons. The van der Waals surface area contributed by atoms with E-state index in [1.807, 2.05) is 6.92 Å². The molecular weight excluding hydrogens is 318 g/mol. The second kappa shape index (κ2) is 8.64. The molecule has 1 rings (SSSR count). The molecule has 0 heterocycles. The maximum atomic E-state index is 12.1. The molecule has 2 amide bonds. The van der Waals surface area contributed by atoms with Crippen LogP contribution in [0.1, 0.15) is 37.6 Å². The summed E-state index contributed by atoms with van der Waals surface area (Å²) in [5, 5.41) is 5.26. The predicted molar refractivity (Wildman–Crippen MR) is 87.5 cm³/mol. The lowest BCUT2D eigenvalue weighted by Gasteiger charge is -2.14. The summed E-state index contributed by atoms with van der Waals surface area (Å²) in [6.07, 6.45) is 0.814. The van der Waals surface area contributed by atoms with Crippen molar-refractivity contribution in [3.63, 3.8) is 0 Å². The first-order chi connectivity index (χ1) is 10.8. The smallest absolute Gasteiger partial charge is 0.251 e. The second-order valence-corrected chi connectivity index (χ2v) is 6.78. The number of carbonyl (C=O) groups is 2. The van der Waals surface area contributed by atoms with Gasteiger partial charge in [-0.2, -0.15) is 0 Å². The van der Waals surface area contributed by atoms with Gasteiger partial charge >= 0.3 is 0 Å². The maximum Gasteiger partial charge on any atom is 0.251 e. The van der Waals surface area contributed by atoms with Crippen LogP contribution in [0.3, 0.4) is 0 Å². The van der Waals surface area contributed by atoms with E-state index in [0.717, 1.165) is 6.42 Å². The Balaban J connectivity index is 2.73. The van der Waals surface area contributed by atoms with Crippen molar-refractivity contribution in [1.82, 2.24) is 15.4 Å². The molecule has 3 N–H and O–H groups in total. The van der Waals surface area contributed by atoms with Gasteiger partial charge in [-0.15, -0.1) is 0 Å². The standard InChI is InChI=1S/C15H23N3O4S/c1-4-10-16-14(19)11(3)18-15(20)12-6-8-13(9-7-12)23(21,22)17-5-2/h6-9,11,17H,4-5,10H2,1-3H3,(H,16,19)(H,18,20). The van der Waals surface area contributed by atoms with E-state index in [9.17, 15) is 18.0 Å². The molecule has 23 heavy (non-hydrogen) atoms. The van der Waals surface area contributed by atoms with Crippen LogP contribution in [0, 0.1) is 0 Å². The van der Waals surface area contributed by atoms with Gasteiger partial charge < -0.3 is 10.6 Å². The van der Waals surface area contributed by atoms with Crippen molar-refractivity contribution >= 4 is 21.8 Å². The molecule has 0 spiro atoms. The second-order valence-electron chi connectivity index (χ2n) is 5.01. The van der Waals surface area contributed by atoms with Crippen molar-refractivity contribution in [2.75, 3.05) is 13.1 Å². The molecule has 1 atom stereocenters. The third-order valence-electron chi connectivity index (χ3n) is 3.05. The van der Waals surface area contributed by atoms with Gasteiger partial charge in [-0.25, -0.2) is 13.1 Å². The lowest BCUT2D eigenvalue weighted by Crippen LogP contribution is -2.45. The third-order valence-corrected chi connectivity index (χ3v) is 4.61. The summed E-state index contributed by atoms with van der Waals surface area (Å²) >= 11 is 0. The van der Waals surface area contributed by atoms with Crippen molar-refractivity contribution in [3.05, 3.63) is 29.8 Å². The van der Waals surface area contributed by atoms with Gasteiger partial charge in [0.1, 0.15) is 6.04 Å². The number of rotatable bonds is 8. The number of nitrogens with one attached hydrogen (secondary N) is 3. The number of benzene rings is 1. The Morgan fingerprint density at radius 2 is 1.74 bits per heavy atom. The van der Waals surface area contributed by atoms with Gasteiger partial charge in [-0.1, -0.05) is 13.8 Å². The molecule has 1 unspecified atom stereocenters. The number of amides is 2. The molecule has 0 aliphatic heterocycles. The van der Waals surface area contributed by atoms with Gasteiger partial charge in [-0.3, -0.25) is 9.59 Å². The van der Waals surface area contributed by atoms with Crippen molar-refractivity contribution in [1.29, 1.82) is 0 Å². The minimum atomic E-state index is -3.55. The molecule has 0 aromatic heterocycles. The molecule has 8 heteroatoms. The van der Waals surface area contributed by atoms with Gasteiger partial charge in [-0.05, 0) is 37.6 Å². The van der Waals surface area contributed by atoms with Crippen LogP contribution in [0.5, 0.6) is 0 Å². The highest BCUT2D eigenvalue weighted by molar-refractivity contribution is 7.89. The van der Waals surface area contributed by atoms with Crippen LogP contribution in [-0.2, 0) is 14.8 Å². The Bertz CT molecular complexity index is 641. The van der Waals surface area contributed by atoms with Crippen LogP contribution < -0.4 is 15.4 Å². The van der Waals surface area contributed by atoms with Gasteiger partial charge in [0.25, 0.3) is 5.91 Å². The molecule has 0 bridgehead atoms. The van der Waals surface area contributed by atoms with E-state index < -0.39 is 22.0 Å². The van der Waals surface area contributed by atoms with Crippen molar-refractivity contribution < 1.29 is 18.0 Å². The van der Waals surface area contributed by atoms with E-state index in [4.69, 9.17) is 0 Å². The molecule has 1 aromatic rings. The lowest BCUT2D eigenvalue weighted by molar-refractivity contribution is -0.122. The quantitative estimate of drug-likeness (QED) is 0.645. The van der Waals surface area contributed by atoms with Crippen molar-refractivity contribution in [2.24, 2.45) is 0 Å². The fourth-order valence-corrected chi connectivity index (χ4v) is 2.85. The summed E-state index contributed by atoms with van der Waals surface area (Å²) in [6, 6.07) is 4.87. The highest BCUT2D eigenvalue weighted by atomic mass is 32.2. The highest BCUT2D eigenvalue weighted by Crippen LogP contribution is 2.10. The monoisotopic (exact) mass is 341 g/mol. The summed E-state index contributed by atoms with van der Waals surface area (Å²) in [5.41, 5.74) is 0.288. The van der Waals surface area contributed by atoms with Crippen LogP contribution >= 0.6 is 0 Å². The molecule has 7 nitrogen and oxygen atoms in total. The van der Waals surface area contributed by atoms with Gasteiger partial charge in [0, 0.05) is 18.7 Å². The van der Waals surface area contributed by atoms with E-state index in [-0.39, 0.29) is 22.9 Å². The van der Waals surface area contributed by atoms with E-state index in [0.29, 0.717) is 6.54 Å². The van der Waals surface area contributed by atoms with Gasteiger partial charge in [0.05, 0.1) is 4.90 Å². The average Bonchev–Trinajstić information content (AvgIpc) is 2.52. The zero-order valence-electron chi connectivity index (χ0n) is 13.5. The van der Waals surface area contributed by atoms with Crippen LogP contribution in [-0.4, -0.2) is 39.4 Å². The third kappa shape index (κ3) is 5.65. The Labute approximate surface area is 136 Å². The summed E-state index contributed by atoms with van der Waals surface area (Å²) in [6.45, 7) is 6.05. The molecule has 0 aliphatic carbocycles. The number of carbonyl (C=O) groups excluding carboxylic acids is 2. The molecule has 0 fully saturated rings. The zero-order chi connectivity index (χ0) is 17.5. The lowest BCUT2D eigenvalue weighted by atomic mass is 10.2. The topological polar surface area (TPSA) is 104 Å². The van der Waals surface area contributed by atoms with E-state index in [2.05, 4.69) is 15.4 Å². The normalized spacial score (nSPS) is 12.5. The van der Waals surface area contributed by atoms with Crippen LogP contribution in [0.25, 0.3) is 0 Å². The summed E-state index contributed by atoms with van der Waals surface area (Å²) in [4.78, 5) is 23.9. The highest BCUT2D eigenvalue weighted by Gasteiger charge is 2.17. The number of hydrogen-bond donors (Lipinski definition) is 3. The minimum Gasteiger partial charge on any atom is -0.354 e. The Kier molecular flexibility index (Phi) is 7.18. The molecule has 1 aromatic carbocycles. The Hall–Kier alpha value is -1.93. The minimum absolute atomic E-state index is 0.0876. The van der Waals surface area contributed by atoms with Gasteiger partial charge in [0.15, 0.2) is 0 Å². The first kappa shape index (κ1) is 19.1. The summed E-state index contributed by atoms with van der Waals surface area (Å²) in [7, 11) is -3.55. The Morgan fingerprint density at radius 1 is 1.13 bits per heavy atom. The fourth-order valence-electron chi connectivity index (χ4n) is 1.81. The van der Waals surface area contributed by atoms with E-state index >= 15 is 0 Å². The predicted octanol–water partition coefficient (Wildman–Crippen LogP) is 0.629. The van der Waals surface area contributed by atoms with E-state index in [1.54, 1.807) is 13.8 Å². The van der Waals surface area contributed by atoms with Crippen LogP contribution in [0.15, 0.2) is 29.2 Å². The molecule has 128 valence electrons. The molecular formula is C15H23N3O4S. The molecule has 0 aliphatic rings. The average molecular weight is 341 g/mol. The van der Waals surface area contributed by atoms with Crippen LogP contribution in [0.2, 0.25) is 0 Å². The Morgan fingerprint density at radius 3 is 2.26 bits per heavy atom. The summed E-state index contributed by atoms with van der Waals surface area (Å²) < 4.78 is 26.0. The van der Waals surface area contributed by atoms with Crippen LogP contribution in [0.4, 0.5) is 0 Å². The first-order valence-electron chi connectivity index (χ1n) is 7.50. The fraction of sp³-hybridized carbons (Fsp3) is 0.467. The maximum absolute atomic E-state index is 12.1. The largest absolute Gasteiger partial charge is 0.354 e. The van der Waals surface area contributed by atoms with Crippen molar-refractivity contribution in [2.45, 2.75) is 38.1 Å². The SMILES string of the molecule is CCCNC(=O)C(C)NC(=O)c1ccc(S(=O)(=O)NCC)cc1. The van der Waals surface area contributed by atoms with Gasteiger partial charge in [0.2, 0.25) is 15.9 Å². The molecule has 0 saturated carbocycles. The van der Waals surface area contributed by atoms with E-state index in [1.165, 1.54) is 24.3 Å². The zero-order valence-corrected chi connectivity index (χ0v) is 14.4. The summed E-state index contributed by atoms with van der Waals surface area (Å²) in [5.74, 6) is -0.692. The number of sulfonamides is 1. The number of hydrogen-bond acceptors (Lipinski definition) is 4.